The first-order valence-electron chi connectivity index (χ1n) is 2.52. The minimum atomic E-state index is 0.196. The van der Waals surface area contributed by atoms with Crippen molar-refractivity contribution < 1.29 is 4.79 Å². The van der Waals surface area contributed by atoms with Crippen LogP contribution in [0.15, 0.2) is 10.6 Å². The summed E-state index contributed by atoms with van der Waals surface area (Å²) in [6, 6.07) is 0. The van der Waals surface area contributed by atoms with Crippen LogP contribution in [0.5, 0.6) is 0 Å². The zero-order valence-electron chi connectivity index (χ0n) is 5.07. The Morgan fingerprint density at radius 1 is 1.75 bits per heavy atom. The van der Waals surface area contributed by atoms with Crippen LogP contribution in [0.25, 0.3) is 0 Å². The molecule has 0 bridgehead atoms. The van der Waals surface area contributed by atoms with Crippen LogP contribution in [0.3, 0.4) is 0 Å². The Bertz CT molecular complexity index is 116. The van der Waals surface area contributed by atoms with Crippen molar-refractivity contribution in [3.63, 3.8) is 0 Å². The SMILES string of the molecule is CCC(=O)C(C)=CBr. The van der Waals surface area contributed by atoms with E-state index in [2.05, 4.69) is 15.9 Å². The molecular formula is C6H9BrO. The van der Waals surface area contributed by atoms with Crippen molar-refractivity contribution in [2.45, 2.75) is 20.3 Å². The molecular weight excluding hydrogens is 168 g/mol. The molecule has 0 atom stereocenters. The van der Waals surface area contributed by atoms with E-state index in [1.165, 1.54) is 0 Å². The molecule has 0 aliphatic rings. The third kappa shape index (κ3) is 2.26. The van der Waals surface area contributed by atoms with Gasteiger partial charge in [0.25, 0.3) is 0 Å². The molecule has 1 nitrogen and oxygen atoms in total. The fourth-order valence-electron chi connectivity index (χ4n) is 0.340. The number of hydrogen-bond donors (Lipinski definition) is 0. The van der Waals surface area contributed by atoms with Gasteiger partial charge in [-0.2, -0.15) is 0 Å². The number of carbonyl (C=O) groups is 1. The Morgan fingerprint density at radius 2 is 2.25 bits per heavy atom. The fraction of sp³-hybridized carbons (Fsp3) is 0.500. The van der Waals surface area contributed by atoms with Gasteiger partial charge in [-0.3, -0.25) is 4.79 Å². The highest BCUT2D eigenvalue weighted by Crippen LogP contribution is 2.00. The average Bonchev–Trinajstić information content (AvgIpc) is 1.84. The Morgan fingerprint density at radius 3 is 2.38 bits per heavy atom. The van der Waals surface area contributed by atoms with Crippen molar-refractivity contribution in [3.05, 3.63) is 10.6 Å². The van der Waals surface area contributed by atoms with Gasteiger partial charge >= 0.3 is 0 Å². The van der Waals surface area contributed by atoms with E-state index in [0.717, 1.165) is 5.57 Å². The lowest BCUT2D eigenvalue weighted by Crippen LogP contribution is -1.94. The van der Waals surface area contributed by atoms with Crippen molar-refractivity contribution in [2.24, 2.45) is 0 Å². The smallest absolute Gasteiger partial charge is 0.158 e. The monoisotopic (exact) mass is 176 g/mol. The second-order valence-electron chi connectivity index (χ2n) is 1.57. The van der Waals surface area contributed by atoms with Crippen molar-refractivity contribution in [2.75, 3.05) is 0 Å². The first kappa shape index (κ1) is 7.89. The summed E-state index contributed by atoms with van der Waals surface area (Å²) in [4.78, 5) is 12.3. The number of allylic oxidation sites excluding steroid dienone is 1. The van der Waals surface area contributed by atoms with Crippen molar-refractivity contribution in [1.82, 2.24) is 0 Å². The highest BCUT2D eigenvalue weighted by atomic mass is 79.9. The molecule has 0 amide bonds. The van der Waals surface area contributed by atoms with E-state index in [9.17, 15) is 4.79 Å². The molecule has 0 aliphatic carbocycles. The van der Waals surface area contributed by atoms with E-state index in [-0.39, 0.29) is 5.78 Å². The van der Waals surface area contributed by atoms with Crippen LogP contribution in [0.1, 0.15) is 20.3 Å². The lowest BCUT2D eigenvalue weighted by Gasteiger charge is -1.90. The Labute approximate surface area is 57.9 Å². The summed E-state index contributed by atoms with van der Waals surface area (Å²) in [7, 11) is 0. The van der Waals surface area contributed by atoms with Gasteiger partial charge in [-0.15, -0.1) is 0 Å². The molecule has 0 spiro atoms. The maximum atomic E-state index is 10.6. The standard InChI is InChI=1S/C6H9BrO/c1-3-6(8)5(2)4-7/h4H,3H2,1-2H3. The van der Waals surface area contributed by atoms with E-state index in [0.29, 0.717) is 6.42 Å². The lowest BCUT2D eigenvalue weighted by atomic mass is 10.2. The molecule has 0 aromatic rings. The van der Waals surface area contributed by atoms with E-state index in [1.807, 2.05) is 6.92 Å². The maximum absolute atomic E-state index is 10.6. The van der Waals surface area contributed by atoms with Gasteiger partial charge in [-0.05, 0) is 17.5 Å². The zero-order valence-corrected chi connectivity index (χ0v) is 6.66. The van der Waals surface area contributed by atoms with Crippen LogP contribution in [0, 0.1) is 0 Å². The third-order valence-electron chi connectivity index (χ3n) is 0.925. The van der Waals surface area contributed by atoms with E-state index in [4.69, 9.17) is 0 Å². The number of hydrogen-bond acceptors (Lipinski definition) is 1. The van der Waals surface area contributed by atoms with E-state index >= 15 is 0 Å². The summed E-state index contributed by atoms with van der Waals surface area (Å²) < 4.78 is 0. The van der Waals surface area contributed by atoms with Gasteiger partial charge in [0, 0.05) is 6.42 Å². The first-order chi connectivity index (χ1) is 3.72. The topological polar surface area (TPSA) is 17.1 Å². The minimum Gasteiger partial charge on any atom is -0.295 e. The second-order valence-corrected chi connectivity index (χ2v) is 2.03. The highest BCUT2D eigenvalue weighted by molar-refractivity contribution is 9.11. The molecule has 46 valence electrons. The molecule has 0 radical (unpaired) electrons. The molecule has 0 saturated heterocycles. The third-order valence-corrected chi connectivity index (χ3v) is 1.61. The molecule has 0 saturated carbocycles. The van der Waals surface area contributed by atoms with Crippen LogP contribution in [0.2, 0.25) is 0 Å². The fourth-order valence-corrected chi connectivity index (χ4v) is 0.595. The quantitative estimate of drug-likeness (QED) is 0.591. The van der Waals surface area contributed by atoms with Gasteiger partial charge in [0.1, 0.15) is 0 Å². The van der Waals surface area contributed by atoms with E-state index in [1.54, 1.807) is 11.9 Å². The molecule has 0 rings (SSSR count). The number of Topliss-reactive ketones (excluding diaryl/α,β-unsaturated/α-hetero) is 1. The summed E-state index contributed by atoms with van der Waals surface area (Å²) in [5.74, 6) is 0.196. The Hall–Kier alpha value is -0.110. The summed E-state index contributed by atoms with van der Waals surface area (Å²) in [6.45, 7) is 3.64. The molecule has 0 aromatic carbocycles. The highest BCUT2D eigenvalue weighted by Gasteiger charge is 1.96. The molecule has 0 unspecified atom stereocenters. The summed E-state index contributed by atoms with van der Waals surface area (Å²) >= 11 is 3.07. The van der Waals surface area contributed by atoms with Crippen molar-refractivity contribution in [3.8, 4) is 0 Å². The second kappa shape index (κ2) is 3.84. The molecule has 2 heteroatoms. The maximum Gasteiger partial charge on any atom is 0.158 e. The zero-order chi connectivity index (χ0) is 6.57. The van der Waals surface area contributed by atoms with Gasteiger partial charge in [-0.1, -0.05) is 22.9 Å². The van der Waals surface area contributed by atoms with Gasteiger partial charge in [0.15, 0.2) is 5.78 Å². The van der Waals surface area contributed by atoms with Crippen LogP contribution >= 0.6 is 15.9 Å². The van der Waals surface area contributed by atoms with Gasteiger partial charge in [0.05, 0.1) is 0 Å². The molecule has 0 aliphatic heterocycles. The van der Waals surface area contributed by atoms with Crippen molar-refractivity contribution >= 4 is 21.7 Å². The molecule has 0 aromatic heterocycles. The van der Waals surface area contributed by atoms with Crippen LogP contribution < -0.4 is 0 Å². The Kier molecular flexibility index (Phi) is 3.79. The normalized spacial score (nSPS) is 11.6. The number of ketones is 1. The summed E-state index contributed by atoms with van der Waals surface area (Å²) in [6.07, 6.45) is 0.591. The number of carbonyl (C=O) groups excluding carboxylic acids is 1. The molecule has 8 heavy (non-hydrogen) atoms. The van der Waals surface area contributed by atoms with Gasteiger partial charge < -0.3 is 0 Å². The predicted octanol–water partition coefficient (Wildman–Crippen LogP) is 2.26. The molecule has 0 N–H and O–H groups in total. The lowest BCUT2D eigenvalue weighted by molar-refractivity contribution is -0.115. The summed E-state index contributed by atoms with van der Waals surface area (Å²) in [5.41, 5.74) is 0.785. The van der Waals surface area contributed by atoms with Crippen LogP contribution in [0.4, 0.5) is 0 Å². The van der Waals surface area contributed by atoms with Crippen molar-refractivity contribution in [1.29, 1.82) is 0 Å². The minimum absolute atomic E-state index is 0.196. The summed E-state index contributed by atoms with van der Waals surface area (Å²) in [5, 5.41) is 0. The number of halogens is 1. The molecule has 0 fully saturated rings. The Balaban J connectivity index is 3.83. The first-order valence-corrected chi connectivity index (χ1v) is 3.44. The number of rotatable bonds is 2. The van der Waals surface area contributed by atoms with E-state index < -0.39 is 0 Å². The average molecular weight is 177 g/mol. The van der Waals surface area contributed by atoms with Gasteiger partial charge in [0.2, 0.25) is 0 Å². The van der Waals surface area contributed by atoms with Crippen LogP contribution in [-0.2, 0) is 4.79 Å². The predicted molar refractivity (Wildman–Crippen MR) is 38.0 cm³/mol. The molecule has 0 heterocycles. The largest absolute Gasteiger partial charge is 0.295 e. The van der Waals surface area contributed by atoms with Gasteiger partial charge in [-0.25, -0.2) is 0 Å². The van der Waals surface area contributed by atoms with Crippen LogP contribution in [-0.4, -0.2) is 5.78 Å².